The van der Waals surface area contributed by atoms with E-state index in [1.54, 1.807) is 0 Å². The van der Waals surface area contributed by atoms with Gasteiger partial charge in [0.05, 0.1) is 12.7 Å². The Hall–Kier alpha value is -1.28. The van der Waals surface area contributed by atoms with E-state index in [4.69, 9.17) is 4.74 Å². The molecule has 1 aromatic rings. The molecule has 1 N–H and O–H groups in total. The first-order chi connectivity index (χ1) is 7.79. The molecule has 0 amide bonds. The van der Waals surface area contributed by atoms with Crippen LogP contribution >= 0.6 is 0 Å². The number of aliphatic hydroxyl groups is 1. The number of ether oxygens (including phenoxy) is 1. The molecule has 86 valence electrons. The van der Waals surface area contributed by atoms with Crippen LogP contribution in [0.4, 0.5) is 0 Å². The Bertz CT molecular complexity index is 365. The molecule has 0 aliphatic heterocycles. The molecule has 0 radical (unpaired) electrons. The maximum absolute atomic E-state index is 9.43. The summed E-state index contributed by atoms with van der Waals surface area (Å²) in [4.78, 5) is 0. The van der Waals surface area contributed by atoms with Crippen LogP contribution in [0.5, 0.6) is 5.75 Å². The predicted octanol–water partition coefficient (Wildman–Crippen LogP) is 3.01. The Labute approximate surface area is 96.6 Å². The zero-order valence-electron chi connectivity index (χ0n) is 9.65. The molecule has 0 bridgehead atoms. The molecule has 0 heterocycles. The molecule has 16 heavy (non-hydrogen) atoms. The SMILES string of the molecule is CCCOc1ccc(C2=CC(O)CC2)cc1. The summed E-state index contributed by atoms with van der Waals surface area (Å²) in [6.07, 6.45) is 4.53. The zero-order chi connectivity index (χ0) is 11.4. The summed E-state index contributed by atoms with van der Waals surface area (Å²) in [5.74, 6) is 0.921. The molecule has 2 rings (SSSR count). The van der Waals surface area contributed by atoms with E-state index in [-0.39, 0.29) is 6.10 Å². The Kier molecular flexibility index (Phi) is 3.62. The molecular weight excluding hydrogens is 200 g/mol. The first-order valence-electron chi connectivity index (χ1n) is 5.91. The maximum atomic E-state index is 9.43. The molecule has 1 aromatic carbocycles. The zero-order valence-corrected chi connectivity index (χ0v) is 9.65. The maximum Gasteiger partial charge on any atom is 0.119 e. The number of benzene rings is 1. The highest BCUT2D eigenvalue weighted by Crippen LogP contribution is 2.28. The van der Waals surface area contributed by atoms with Crippen LogP contribution in [0.3, 0.4) is 0 Å². The van der Waals surface area contributed by atoms with E-state index in [1.807, 2.05) is 18.2 Å². The molecule has 0 saturated heterocycles. The summed E-state index contributed by atoms with van der Waals surface area (Å²) in [5.41, 5.74) is 2.44. The number of hydrogen-bond donors (Lipinski definition) is 1. The fourth-order valence-corrected chi connectivity index (χ4v) is 1.93. The number of hydrogen-bond acceptors (Lipinski definition) is 2. The Morgan fingerprint density at radius 1 is 1.31 bits per heavy atom. The van der Waals surface area contributed by atoms with Gasteiger partial charge in [-0.1, -0.05) is 25.1 Å². The first kappa shape index (κ1) is 11.2. The second-order valence-corrected chi connectivity index (χ2v) is 4.17. The van der Waals surface area contributed by atoms with Crippen LogP contribution in [-0.4, -0.2) is 17.8 Å². The van der Waals surface area contributed by atoms with Gasteiger partial charge >= 0.3 is 0 Å². The smallest absolute Gasteiger partial charge is 0.119 e. The summed E-state index contributed by atoms with van der Waals surface area (Å²) in [7, 11) is 0. The third-order valence-corrected chi connectivity index (χ3v) is 2.80. The summed E-state index contributed by atoms with van der Waals surface area (Å²) in [5, 5.41) is 9.43. The standard InChI is InChI=1S/C14H18O2/c1-2-9-16-14-7-4-11(5-8-14)12-3-6-13(15)10-12/h4-5,7-8,10,13,15H,2-3,6,9H2,1H3. The van der Waals surface area contributed by atoms with Gasteiger partial charge < -0.3 is 9.84 Å². The average molecular weight is 218 g/mol. The Morgan fingerprint density at radius 2 is 2.06 bits per heavy atom. The van der Waals surface area contributed by atoms with Gasteiger partial charge in [0.1, 0.15) is 5.75 Å². The molecule has 1 atom stereocenters. The van der Waals surface area contributed by atoms with Crippen molar-refractivity contribution in [3.05, 3.63) is 35.9 Å². The van der Waals surface area contributed by atoms with Crippen molar-refractivity contribution >= 4 is 5.57 Å². The van der Waals surface area contributed by atoms with Crippen LogP contribution in [-0.2, 0) is 0 Å². The second kappa shape index (κ2) is 5.17. The third kappa shape index (κ3) is 2.64. The molecule has 1 aliphatic carbocycles. The van der Waals surface area contributed by atoms with Gasteiger partial charge in [0.25, 0.3) is 0 Å². The lowest BCUT2D eigenvalue weighted by Crippen LogP contribution is -1.94. The fraction of sp³-hybridized carbons (Fsp3) is 0.429. The average Bonchev–Trinajstić information content (AvgIpc) is 2.74. The normalized spacial score (nSPS) is 19.6. The van der Waals surface area contributed by atoms with E-state index in [9.17, 15) is 5.11 Å². The first-order valence-corrected chi connectivity index (χ1v) is 5.91. The molecular formula is C14H18O2. The monoisotopic (exact) mass is 218 g/mol. The number of rotatable bonds is 4. The van der Waals surface area contributed by atoms with E-state index >= 15 is 0 Å². The van der Waals surface area contributed by atoms with Gasteiger partial charge in [0.15, 0.2) is 0 Å². The van der Waals surface area contributed by atoms with E-state index in [1.165, 1.54) is 11.1 Å². The van der Waals surface area contributed by atoms with Crippen molar-refractivity contribution in [3.63, 3.8) is 0 Å². The van der Waals surface area contributed by atoms with E-state index in [0.717, 1.165) is 31.6 Å². The molecule has 2 nitrogen and oxygen atoms in total. The summed E-state index contributed by atoms with van der Waals surface area (Å²) < 4.78 is 5.53. The van der Waals surface area contributed by atoms with Crippen molar-refractivity contribution in [3.8, 4) is 5.75 Å². The van der Waals surface area contributed by atoms with Gasteiger partial charge in [0.2, 0.25) is 0 Å². The van der Waals surface area contributed by atoms with E-state index in [0.29, 0.717) is 0 Å². The Balaban J connectivity index is 2.04. The minimum absolute atomic E-state index is 0.258. The van der Waals surface area contributed by atoms with Crippen molar-refractivity contribution in [2.24, 2.45) is 0 Å². The molecule has 0 aromatic heterocycles. The molecule has 1 aliphatic rings. The largest absolute Gasteiger partial charge is 0.494 e. The van der Waals surface area contributed by atoms with Crippen LogP contribution in [0.1, 0.15) is 31.7 Å². The van der Waals surface area contributed by atoms with E-state index in [2.05, 4.69) is 19.1 Å². The van der Waals surface area contributed by atoms with Gasteiger partial charge in [-0.3, -0.25) is 0 Å². The van der Waals surface area contributed by atoms with Crippen molar-refractivity contribution in [1.29, 1.82) is 0 Å². The highest BCUT2D eigenvalue weighted by molar-refractivity contribution is 5.68. The topological polar surface area (TPSA) is 29.5 Å². The van der Waals surface area contributed by atoms with Crippen LogP contribution < -0.4 is 4.74 Å². The van der Waals surface area contributed by atoms with Crippen molar-refractivity contribution in [2.45, 2.75) is 32.3 Å². The highest BCUT2D eigenvalue weighted by atomic mass is 16.5. The van der Waals surface area contributed by atoms with Gasteiger partial charge in [-0.2, -0.15) is 0 Å². The lowest BCUT2D eigenvalue weighted by Gasteiger charge is -2.06. The van der Waals surface area contributed by atoms with Gasteiger partial charge in [-0.15, -0.1) is 0 Å². The van der Waals surface area contributed by atoms with Crippen molar-refractivity contribution in [1.82, 2.24) is 0 Å². The quantitative estimate of drug-likeness (QED) is 0.841. The number of aliphatic hydroxyl groups excluding tert-OH is 1. The molecule has 2 heteroatoms. The number of allylic oxidation sites excluding steroid dienone is 1. The third-order valence-electron chi connectivity index (χ3n) is 2.80. The highest BCUT2D eigenvalue weighted by Gasteiger charge is 2.13. The van der Waals surface area contributed by atoms with E-state index < -0.39 is 0 Å². The minimum atomic E-state index is -0.258. The van der Waals surface area contributed by atoms with Crippen LogP contribution in [0.2, 0.25) is 0 Å². The summed E-state index contributed by atoms with van der Waals surface area (Å²) in [6.45, 7) is 2.86. The molecule has 0 saturated carbocycles. The predicted molar refractivity (Wildman–Crippen MR) is 65.4 cm³/mol. The van der Waals surface area contributed by atoms with Gasteiger partial charge in [0, 0.05) is 0 Å². The van der Waals surface area contributed by atoms with Crippen LogP contribution in [0.25, 0.3) is 5.57 Å². The molecule has 1 unspecified atom stereocenters. The lowest BCUT2D eigenvalue weighted by atomic mass is 10.1. The minimum Gasteiger partial charge on any atom is -0.494 e. The summed E-state index contributed by atoms with van der Waals surface area (Å²) in [6, 6.07) is 8.12. The molecule has 0 fully saturated rings. The Morgan fingerprint density at radius 3 is 2.62 bits per heavy atom. The lowest BCUT2D eigenvalue weighted by molar-refractivity contribution is 0.223. The van der Waals surface area contributed by atoms with Gasteiger partial charge in [-0.05, 0) is 42.5 Å². The van der Waals surface area contributed by atoms with Crippen LogP contribution in [0.15, 0.2) is 30.3 Å². The van der Waals surface area contributed by atoms with Crippen molar-refractivity contribution < 1.29 is 9.84 Å². The van der Waals surface area contributed by atoms with Gasteiger partial charge in [-0.25, -0.2) is 0 Å². The fourth-order valence-electron chi connectivity index (χ4n) is 1.93. The van der Waals surface area contributed by atoms with Crippen molar-refractivity contribution in [2.75, 3.05) is 6.61 Å². The van der Waals surface area contributed by atoms with Crippen LogP contribution in [0, 0.1) is 0 Å². The summed E-state index contributed by atoms with van der Waals surface area (Å²) >= 11 is 0. The molecule has 0 spiro atoms. The second-order valence-electron chi connectivity index (χ2n) is 4.17.